The van der Waals surface area contributed by atoms with Crippen LogP contribution >= 0.6 is 0 Å². The zero-order valence-electron chi connectivity index (χ0n) is 19.3. The minimum Gasteiger partial charge on any atom is -0.461 e. The fourth-order valence-electron chi connectivity index (χ4n) is 4.26. The third-order valence-electron chi connectivity index (χ3n) is 6.15. The summed E-state index contributed by atoms with van der Waals surface area (Å²) >= 11 is 0. The molecule has 1 aromatic carbocycles. The second-order valence-corrected chi connectivity index (χ2v) is 9.19. The van der Waals surface area contributed by atoms with Crippen LogP contribution in [-0.4, -0.2) is 67.3 Å². The molecule has 178 valence electrons. The van der Waals surface area contributed by atoms with Gasteiger partial charge in [0.05, 0.1) is 17.6 Å². The number of benzene rings is 1. The normalized spacial score (nSPS) is 20.9. The van der Waals surface area contributed by atoms with Gasteiger partial charge in [0.2, 0.25) is 0 Å². The smallest absolute Gasteiger partial charge is 0.323 e. The molecule has 2 atom stereocenters. The number of esters is 1. The van der Waals surface area contributed by atoms with E-state index in [-0.39, 0.29) is 34.7 Å². The third kappa shape index (κ3) is 6.88. The number of morpholine rings is 1. The second kappa shape index (κ2) is 11.6. The van der Waals surface area contributed by atoms with Crippen molar-refractivity contribution < 1.29 is 19.2 Å². The molecule has 1 heterocycles. The van der Waals surface area contributed by atoms with Crippen molar-refractivity contribution in [1.29, 1.82) is 0 Å². The van der Waals surface area contributed by atoms with E-state index in [2.05, 4.69) is 15.5 Å². The molecule has 0 bridgehead atoms. The Bertz CT molecular complexity index is 782. The van der Waals surface area contributed by atoms with E-state index >= 15 is 0 Å². The van der Waals surface area contributed by atoms with Crippen molar-refractivity contribution in [3.8, 4) is 0 Å². The molecule has 9 heteroatoms. The zero-order chi connectivity index (χ0) is 23.1. The van der Waals surface area contributed by atoms with E-state index in [9.17, 15) is 14.9 Å². The first kappa shape index (κ1) is 24.4. The van der Waals surface area contributed by atoms with Crippen LogP contribution in [0.4, 0.5) is 11.4 Å². The maximum absolute atomic E-state index is 12.6. The number of nitro benzene ring substituents is 1. The number of nitrogens with zero attached hydrogens (tertiary/aromatic N) is 2. The average Bonchev–Trinajstić information content (AvgIpc) is 3.25. The van der Waals surface area contributed by atoms with Crippen LogP contribution in [0.25, 0.3) is 0 Å². The Hall–Kier alpha value is -2.23. The minimum absolute atomic E-state index is 0.00706. The second-order valence-electron chi connectivity index (χ2n) is 9.19. The molecule has 2 N–H and O–H groups in total. The lowest BCUT2D eigenvalue weighted by Crippen LogP contribution is -2.43. The zero-order valence-corrected chi connectivity index (χ0v) is 19.3. The molecule has 32 heavy (non-hydrogen) atoms. The number of anilines is 1. The van der Waals surface area contributed by atoms with Crippen molar-refractivity contribution in [1.82, 2.24) is 10.2 Å². The van der Waals surface area contributed by atoms with Crippen LogP contribution in [0.1, 0.15) is 45.1 Å². The molecule has 1 aliphatic carbocycles. The van der Waals surface area contributed by atoms with Gasteiger partial charge in [-0.25, -0.2) is 0 Å². The van der Waals surface area contributed by atoms with Crippen molar-refractivity contribution in [3.63, 3.8) is 0 Å². The number of hydrogen-bond donors (Lipinski definition) is 2. The molecule has 9 nitrogen and oxygen atoms in total. The third-order valence-corrected chi connectivity index (χ3v) is 6.15. The largest absolute Gasteiger partial charge is 0.461 e. The maximum atomic E-state index is 12.6. The van der Waals surface area contributed by atoms with Crippen molar-refractivity contribution in [3.05, 3.63) is 33.9 Å². The lowest BCUT2D eigenvalue weighted by molar-refractivity contribution is -0.384. The standard InChI is InChI=1S/C23H36N4O5/c1-16(2)22(23(28)32-18-6-4-5-7-18)25-13-17-8-9-20(21(12-17)27(29)30)24-14-19-15-26(3)10-11-31-19/h8-9,12,16,18-19,22,24-25H,4-7,10-11,13-15H2,1-3H3. The van der Waals surface area contributed by atoms with Crippen LogP contribution in [0.2, 0.25) is 0 Å². The highest BCUT2D eigenvalue weighted by molar-refractivity contribution is 5.76. The van der Waals surface area contributed by atoms with E-state index < -0.39 is 6.04 Å². The Morgan fingerprint density at radius 2 is 2.09 bits per heavy atom. The van der Waals surface area contributed by atoms with Crippen LogP contribution in [0.15, 0.2) is 18.2 Å². The molecule has 2 unspecified atom stereocenters. The van der Waals surface area contributed by atoms with Crippen molar-refractivity contribution in [2.45, 2.75) is 64.3 Å². The first-order valence-electron chi connectivity index (χ1n) is 11.6. The average molecular weight is 449 g/mol. The molecule has 2 aliphatic rings. The van der Waals surface area contributed by atoms with Crippen LogP contribution < -0.4 is 10.6 Å². The first-order chi connectivity index (χ1) is 15.3. The number of hydrogen-bond acceptors (Lipinski definition) is 8. The Labute approximate surface area is 190 Å². The van der Waals surface area contributed by atoms with Gasteiger partial charge in [-0.3, -0.25) is 14.9 Å². The maximum Gasteiger partial charge on any atom is 0.323 e. The highest BCUT2D eigenvalue weighted by Crippen LogP contribution is 2.26. The highest BCUT2D eigenvalue weighted by atomic mass is 16.6. The van der Waals surface area contributed by atoms with Crippen molar-refractivity contribution in [2.24, 2.45) is 5.92 Å². The fourth-order valence-corrected chi connectivity index (χ4v) is 4.26. The molecule has 0 radical (unpaired) electrons. The Morgan fingerprint density at radius 3 is 2.75 bits per heavy atom. The number of nitro groups is 1. The van der Waals surface area contributed by atoms with Crippen LogP contribution in [-0.2, 0) is 20.8 Å². The molecule has 0 amide bonds. The van der Waals surface area contributed by atoms with E-state index in [1.165, 1.54) is 0 Å². The molecule has 3 rings (SSSR count). The van der Waals surface area contributed by atoms with E-state index in [1.54, 1.807) is 12.1 Å². The predicted molar refractivity (Wildman–Crippen MR) is 123 cm³/mol. The minimum atomic E-state index is -0.451. The Balaban J connectivity index is 1.59. The van der Waals surface area contributed by atoms with Gasteiger partial charge in [0.25, 0.3) is 5.69 Å². The van der Waals surface area contributed by atoms with Gasteiger partial charge in [-0.1, -0.05) is 19.9 Å². The monoisotopic (exact) mass is 448 g/mol. The lowest BCUT2D eigenvalue weighted by atomic mass is 10.0. The van der Waals surface area contributed by atoms with Gasteiger partial charge in [-0.05, 0) is 50.3 Å². The van der Waals surface area contributed by atoms with Gasteiger partial charge in [0.15, 0.2) is 0 Å². The first-order valence-corrected chi connectivity index (χ1v) is 11.6. The quantitative estimate of drug-likeness (QED) is 0.320. The number of carbonyl (C=O) groups is 1. The topological polar surface area (TPSA) is 106 Å². The summed E-state index contributed by atoms with van der Waals surface area (Å²) in [7, 11) is 2.04. The molecular formula is C23H36N4O5. The van der Waals surface area contributed by atoms with Crippen LogP contribution in [0.3, 0.4) is 0 Å². The van der Waals surface area contributed by atoms with Crippen molar-refractivity contribution >= 4 is 17.3 Å². The number of ether oxygens (including phenoxy) is 2. The number of likely N-dealkylation sites (N-methyl/N-ethyl adjacent to an activating group) is 1. The lowest BCUT2D eigenvalue weighted by Gasteiger charge is -2.30. The predicted octanol–water partition coefficient (Wildman–Crippen LogP) is 2.94. The van der Waals surface area contributed by atoms with Crippen molar-refractivity contribution in [2.75, 3.05) is 38.6 Å². The van der Waals surface area contributed by atoms with Gasteiger partial charge in [0, 0.05) is 32.2 Å². The molecular weight excluding hydrogens is 412 g/mol. The number of nitrogens with one attached hydrogen (secondary N) is 2. The molecule has 1 saturated carbocycles. The van der Waals surface area contributed by atoms with E-state index in [0.717, 1.165) is 44.3 Å². The molecule has 1 saturated heterocycles. The van der Waals surface area contributed by atoms with E-state index in [4.69, 9.17) is 9.47 Å². The molecule has 1 aromatic rings. The SMILES string of the molecule is CC(C)C(NCc1ccc(NCC2CN(C)CCO2)c([N+](=O)[O-])c1)C(=O)OC1CCCC1. The van der Waals surface area contributed by atoms with Gasteiger partial charge >= 0.3 is 5.97 Å². The van der Waals surface area contributed by atoms with Gasteiger partial charge < -0.3 is 25.0 Å². The molecule has 2 fully saturated rings. The Morgan fingerprint density at radius 1 is 1.34 bits per heavy atom. The summed E-state index contributed by atoms with van der Waals surface area (Å²) in [5.74, 6) is -0.189. The Kier molecular flexibility index (Phi) is 8.84. The van der Waals surface area contributed by atoms with Gasteiger partial charge in [-0.2, -0.15) is 0 Å². The number of carbonyl (C=O) groups excluding carboxylic acids is 1. The molecule has 1 aliphatic heterocycles. The van der Waals surface area contributed by atoms with Gasteiger partial charge in [-0.15, -0.1) is 0 Å². The molecule has 0 spiro atoms. The number of rotatable bonds is 10. The van der Waals surface area contributed by atoms with E-state index in [0.29, 0.717) is 25.4 Å². The highest BCUT2D eigenvalue weighted by Gasteiger charge is 2.28. The van der Waals surface area contributed by atoms with E-state index in [1.807, 2.05) is 27.0 Å². The van der Waals surface area contributed by atoms with Crippen LogP contribution in [0, 0.1) is 16.0 Å². The summed E-state index contributed by atoms with van der Waals surface area (Å²) in [6.07, 6.45) is 4.08. The summed E-state index contributed by atoms with van der Waals surface area (Å²) in [6, 6.07) is 4.68. The summed E-state index contributed by atoms with van der Waals surface area (Å²) in [5, 5.41) is 18.1. The van der Waals surface area contributed by atoms with Crippen LogP contribution in [0.5, 0.6) is 0 Å². The fraction of sp³-hybridized carbons (Fsp3) is 0.696. The summed E-state index contributed by atoms with van der Waals surface area (Å²) in [4.78, 5) is 26.1. The summed E-state index contributed by atoms with van der Waals surface area (Å²) in [6.45, 7) is 7.13. The summed E-state index contributed by atoms with van der Waals surface area (Å²) in [5.41, 5.74) is 1.23. The summed E-state index contributed by atoms with van der Waals surface area (Å²) < 4.78 is 11.4. The molecule has 0 aromatic heterocycles. The van der Waals surface area contributed by atoms with Gasteiger partial charge in [0.1, 0.15) is 17.8 Å².